The Morgan fingerprint density at radius 1 is 1.06 bits per heavy atom. The molecule has 3 aliphatic heterocycles. The fourth-order valence-corrected chi connectivity index (χ4v) is 8.30. The van der Waals surface area contributed by atoms with E-state index in [0.29, 0.717) is 30.8 Å². The molecule has 36 heavy (non-hydrogen) atoms. The number of ether oxygens (including phenoxy) is 1. The zero-order valence-corrected chi connectivity index (χ0v) is 21.6. The summed E-state index contributed by atoms with van der Waals surface area (Å²) in [6, 6.07) is 9.54. The number of rotatable bonds is 2. The van der Waals surface area contributed by atoms with Gasteiger partial charge in [-0.05, 0) is 110 Å². The molecule has 1 saturated carbocycles. The number of aromatic nitrogens is 1. The lowest BCUT2D eigenvalue weighted by atomic mass is 9.74. The fourth-order valence-electron chi connectivity index (χ4n) is 8.30. The van der Waals surface area contributed by atoms with E-state index < -0.39 is 6.17 Å². The second-order valence-electron chi connectivity index (χ2n) is 12.3. The molecule has 2 aromatic rings. The van der Waals surface area contributed by atoms with E-state index in [4.69, 9.17) is 4.74 Å². The lowest BCUT2D eigenvalue weighted by Crippen LogP contribution is -2.51. The number of halogens is 1. The van der Waals surface area contributed by atoms with Crippen LogP contribution in [0.25, 0.3) is 10.8 Å². The van der Waals surface area contributed by atoms with Crippen LogP contribution < -0.4 is 0 Å². The summed E-state index contributed by atoms with van der Waals surface area (Å²) in [6.07, 6.45) is 19.3. The van der Waals surface area contributed by atoms with Gasteiger partial charge in [-0.15, -0.1) is 0 Å². The van der Waals surface area contributed by atoms with Gasteiger partial charge < -0.3 is 4.74 Å². The Balaban J connectivity index is 1.15. The summed E-state index contributed by atoms with van der Waals surface area (Å²) in [6.45, 7) is 3.98. The first-order valence-electron chi connectivity index (χ1n) is 14.4. The Morgan fingerprint density at radius 2 is 2.00 bits per heavy atom. The molecule has 1 aromatic carbocycles. The molecular weight excluding hydrogens is 447 g/mol. The van der Waals surface area contributed by atoms with Crippen LogP contribution in [0.2, 0.25) is 0 Å². The summed E-state index contributed by atoms with van der Waals surface area (Å²) in [5.74, 6) is 1.06. The fraction of sp³-hybridized carbons (Fsp3) is 0.594. The number of alkyl halides is 1. The molecule has 3 fully saturated rings. The molecule has 190 valence electrons. The highest BCUT2D eigenvalue weighted by atomic mass is 19.1. The van der Waals surface area contributed by atoms with Crippen molar-refractivity contribution >= 4 is 10.8 Å². The highest BCUT2D eigenvalue weighted by molar-refractivity contribution is 5.82. The summed E-state index contributed by atoms with van der Waals surface area (Å²) in [7, 11) is 0. The van der Waals surface area contributed by atoms with Gasteiger partial charge in [0, 0.05) is 36.9 Å². The van der Waals surface area contributed by atoms with E-state index in [2.05, 4.69) is 53.2 Å². The zero-order valence-electron chi connectivity index (χ0n) is 21.6. The van der Waals surface area contributed by atoms with Crippen molar-refractivity contribution in [1.82, 2.24) is 9.88 Å². The SMILES string of the molecule is C[C@H]1CCC(c2ccc3ccncc3c2)CC/C=C2/C=C3CC[C@@H](N4CC[C@H](F)C4)C[C@]34CC[C@@]21O4. The van der Waals surface area contributed by atoms with Crippen LogP contribution in [0.1, 0.15) is 82.6 Å². The molecule has 3 nitrogen and oxygen atoms in total. The molecule has 2 bridgehead atoms. The van der Waals surface area contributed by atoms with Crippen molar-refractivity contribution < 1.29 is 9.13 Å². The minimum absolute atomic E-state index is 0.109. The molecule has 0 amide bonds. The second-order valence-corrected chi connectivity index (χ2v) is 12.3. The third-order valence-electron chi connectivity index (χ3n) is 10.4. The molecule has 2 saturated heterocycles. The highest BCUT2D eigenvalue weighted by Gasteiger charge is 2.59. The minimum Gasteiger partial charge on any atom is -0.359 e. The quantitative estimate of drug-likeness (QED) is 0.446. The van der Waals surface area contributed by atoms with Gasteiger partial charge in [0.2, 0.25) is 0 Å². The number of hydrogen-bond donors (Lipinski definition) is 0. The normalized spacial score (nSPS) is 40.4. The van der Waals surface area contributed by atoms with Crippen molar-refractivity contribution in [2.45, 2.75) is 100 Å². The van der Waals surface area contributed by atoms with Crippen molar-refractivity contribution in [3.8, 4) is 0 Å². The van der Waals surface area contributed by atoms with Gasteiger partial charge >= 0.3 is 0 Å². The van der Waals surface area contributed by atoms with Gasteiger partial charge in [0.15, 0.2) is 0 Å². The van der Waals surface area contributed by atoms with Gasteiger partial charge in [-0.2, -0.15) is 0 Å². The molecular formula is C32H39FN2O. The van der Waals surface area contributed by atoms with E-state index >= 15 is 0 Å². The first-order chi connectivity index (χ1) is 17.5. The lowest BCUT2D eigenvalue weighted by Gasteiger charge is -2.49. The average molecular weight is 487 g/mol. The van der Waals surface area contributed by atoms with Gasteiger partial charge in [0.1, 0.15) is 6.17 Å². The predicted molar refractivity (Wildman–Crippen MR) is 143 cm³/mol. The van der Waals surface area contributed by atoms with E-state index in [-0.39, 0.29) is 11.2 Å². The molecule has 5 aliphatic rings. The van der Waals surface area contributed by atoms with Crippen LogP contribution >= 0.6 is 0 Å². The van der Waals surface area contributed by atoms with Crippen LogP contribution in [0.4, 0.5) is 4.39 Å². The maximum Gasteiger partial charge on any atom is 0.114 e. The molecule has 1 unspecified atom stereocenters. The standard InChI is InChI=1S/C32H39FN2O/c1-22-5-6-23(25-8-7-24-11-15-34-20-26(24)17-25)3-2-4-28-18-27-9-10-30(35-16-12-29(33)21-35)19-31(27)13-14-32(22,28)36-31/h4,7-8,11,15,17-18,20,22-23,29-30H,2-3,5-6,9-10,12-14,16,19,21H2,1H3/b28-4-/t22-,23?,29-,30+,31+,32-/m0/s1. The van der Waals surface area contributed by atoms with Crippen LogP contribution in [0, 0.1) is 5.92 Å². The Labute approximate surface area is 214 Å². The largest absolute Gasteiger partial charge is 0.359 e. The van der Waals surface area contributed by atoms with E-state index in [1.54, 1.807) is 0 Å². The number of hydrogen-bond acceptors (Lipinski definition) is 3. The Kier molecular flexibility index (Phi) is 5.63. The monoisotopic (exact) mass is 486 g/mol. The third kappa shape index (κ3) is 3.70. The number of likely N-dealkylation sites (tertiary alicyclic amines) is 1. The van der Waals surface area contributed by atoms with E-state index in [1.807, 2.05) is 12.4 Å². The van der Waals surface area contributed by atoms with Crippen LogP contribution in [0.15, 0.2) is 60.0 Å². The molecule has 2 spiro atoms. The molecule has 0 radical (unpaired) electrons. The van der Waals surface area contributed by atoms with E-state index in [9.17, 15) is 4.39 Å². The predicted octanol–water partition coefficient (Wildman–Crippen LogP) is 7.28. The van der Waals surface area contributed by atoms with Crippen LogP contribution in [0.3, 0.4) is 0 Å². The first-order valence-corrected chi connectivity index (χ1v) is 14.4. The van der Waals surface area contributed by atoms with Crippen molar-refractivity contribution in [3.63, 3.8) is 0 Å². The summed E-state index contributed by atoms with van der Waals surface area (Å²) < 4.78 is 21.3. The van der Waals surface area contributed by atoms with Gasteiger partial charge in [-0.3, -0.25) is 9.88 Å². The number of pyridine rings is 1. The van der Waals surface area contributed by atoms with Crippen molar-refractivity contribution in [2.75, 3.05) is 13.1 Å². The summed E-state index contributed by atoms with van der Waals surface area (Å²) in [5.41, 5.74) is 4.20. The van der Waals surface area contributed by atoms with Gasteiger partial charge in [-0.1, -0.05) is 31.2 Å². The summed E-state index contributed by atoms with van der Waals surface area (Å²) >= 11 is 0. The Hall–Kier alpha value is -2.04. The number of allylic oxidation sites excluding steroid dienone is 1. The Morgan fingerprint density at radius 3 is 2.89 bits per heavy atom. The first kappa shape index (κ1) is 23.1. The van der Waals surface area contributed by atoms with E-state index in [0.717, 1.165) is 45.1 Å². The van der Waals surface area contributed by atoms with E-state index in [1.165, 1.54) is 46.7 Å². The molecule has 1 aromatic heterocycles. The van der Waals surface area contributed by atoms with Gasteiger partial charge in [-0.25, -0.2) is 4.39 Å². The lowest BCUT2D eigenvalue weighted by molar-refractivity contribution is -0.116. The topological polar surface area (TPSA) is 25.4 Å². The van der Waals surface area contributed by atoms with Crippen LogP contribution in [-0.4, -0.2) is 46.4 Å². The molecule has 7 rings (SSSR count). The second kappa shape index (κ2) is 8.77. The van der Waals surface area contributed by atoms with Crippen LogP contribution in [-0.2, 0) is 4.74 Å². The third-order valence-corrected chi connectivity index (χ3v) is 10.4. The molecule has 4 heteroatoms. The van der Waals surface area contributed by atoms with Crippen molar-refractivity contribution in [1.29, 1.82) is 0 Å². The summed E-state index contributed by atoms with van der Waals surface area (Å²) in [5, 5.41) is 2.51. The van der Waals surface area contributed by atoms with Crippen LogP contribution in [0.5, 0.6) is 0 Å². The maximum absolute atomic E-state index is 14.0. The molecule has 4 heterocycles. The average Bonchev–Trinajstić information content (AvgIpc) is 3.49. The smallest absolute Gasteiger partial charge is 0.114 e. The molecule has 2 aliphatic carbocycles. The molecule has 6 atom stereocenters. The van der Waals surface area contributed by atoms with Crippen molar-refractivity contribution in [3.05, 3.63) is 65.5 Å². The van der Waals surface area contributed by atoms with Gasteiger partial charge in [0.05, 0.1) is 11.2 Å². The zero-order chi connectivity index (χ0) is 24.3. The summed E-state index contributed by atoms with van der Waals surface area (Å²) in [4.78, 5) is 6.77. The number of benzene rings is 1. The number of nitrogens with zero attached hydrogens (tertiary/aromatic N) is 2. The molecule has 0 N–H and O–H groups in total. The van der Waals surface area contributed by atoms with Gasteiger partial charge in [0.25, 0.3) is 0 Å². The maximum atomic E-state index is 14.0. The Bertz CT molecular complexity index is 1220. The highest BCUT2D eigenvalue weighted by Crippen LogP contribution is 2.59. The minimum atomic E-state index is -0.641. The number of fused-ring (bicyclic) bond motifs is 1. The van der Waals surface area contributed by atoms with Crippen molar-refractivity contribution in [2.24, 2.45) is 5.92 Å².